The number of hydrogen-bond acceptors (Lipinski definition) is 7. The minimum absolute atomic E-state index is 0.593. The smallest absolute Gasteiger partial charge is 0.226 e. The number of hydrogen-bond donors (Lipinski definition) is 0. The van der Waals surface area contributed by atoms with Gasteiger partial charge in [-0.1, -0.05) is 64.9 Å². The Hall–Kier alpha value is -3.78. The summed E-state index contributed by atoms with van der Waals surface area (Å²) in [7, 11) is 0. The third-order valence-electron chi connectivity index (χ3n) is 5.67. The Labute approximate surface area is 208 Å². The molecule has 3 aromatic heterocycles. The first kappa shape index (κ1) is 23.0. The van der Waals surface area contributed by atoms with Crippen molar-refractivity contribution in [2.24, 2.45) is 0 Å². The summed E-state index contributed by atoms with van der Waals surface area (Å²) in [6.07, 6.45) is 5.76. The standard InChI is InChI=1S/C27H26N6OS/c1-19-10-11-23(20(2)17-19)33-24(18-21-7-4-3-5-8-21)30-31-27(33)35-16-6-9-25-29-26(32-34-25)22-12-14-28-15-13-22/h3-5,7-8,10-15,17H,6,9,16,18H2,1-2H3. The van der Waals surface area contributed by atoms with Gasteiger partial charge in [-0.2, -0.15) is 4.98 Å². The zero-order chi connectivity index (χ0) is 24.0. The lowest BCUT2D eigenvalue weighted by Gasteiger charge is -2.13. The summed E-state index contributed by atoms with van der Waals surface area (Å²) in [5.41, 5.74) is 5.67. The number of nitrogens with zero attached hydrogens (tertiary/aromatic N) is 6. The third-order valence-corrected chi connectivity index (χ3v) is 6.69. The van der Waals surface area contributed by atoms with E-state index >= 15 is 0 Å². The van der Waals surface area contributed by atoms with E-state index < -0.39 is 0 Å². The minimum atomic E-state index is 0.593. The lowest BCUT2D eigenvalue weighted by Crippen LogP contribution is -2.06. The molecule has 3 heterocycles. The SMILES string of the molecule is Cc1ccc(-n2c(Cc3ccccc3)nnc2SCCCc2nc(-c3ccncc3)no2)c(C)c1. The van der Waals surface area contributed by atoms with Crippen molar-refractivity contribution in [1.29, 1.82) is 0 Å². The summed E-state index contributed by atoms with van der Waals surface area (Å²) in [6, 6.07) is 20.6. The zero-order valence-corrected chi connectivity index (χ0v) is 20.6. The average molecular weight is 483 g/mol. The van der Waals surface area contributed by atoms with Gasteiger partial charge in [0.1, 0.15) is 5.82 Å². The maximum Gasteiger partial charge on any atom is 0.226 e. The first-order valence-corrected chi connectivity index (χ1v) is 12.6. The monoisotopic (exact) mass is 482 g/mol. The van der Waals surface area contributed by atoms with Crippen LogP contribution in [0.5, 0.6) is 0 Å². The Balaban J connectivity index is 1.30. The van der Waals surface area contributed by atoms with Crippen molar-refractivity contribution in [2.75, 3.05) is 5.75 Å². The summed E-state index contributed by atoms with van der Waals surface area (Å²) in [5, 5.41) is 14.1. The Morgan fingerprint density at radius 1 is 0.943 bits per heavy atom. The van der Waals surface area contributed by atoms with E-state index in [0.717, 1.165) is 40.8 Å². The van der Waals surface area contributed by atoms with Gasteiger partial charge in [-0.15, -0.1) is 10.2 Å². The van der Waals surface area contributed by atoms with Gasteiger partial charge in [-0.25, -0.2) is 0 Å². The summed E-state index contributed by atoms with van der Waals surface area (Å²) in [6.45, 7) is 4.25. The van der Waals surface area contributed by atoms with Gasteiger partial charge in [0.05, 0.1) is 5.69 Å². The van der Waals surface area contributed by atoms with Crippen molar-refractivity contribution < 1.29 is 4.52 Å². The summed E-state index contributed by atoms with van der Waals surface area (Å²) in [4.78, 5) is 8.54. The predicted octanol–water partition coefficient (Wildman–Crippen LogP) is 5.64. The van der Waals surface area contributed by atoms with E-state index in [1.165, 1.54) is 16.7 Å². The van der Waals surface area contributed by atoms with Crippen molar-refractivity contribution in [3.8, 4) is 17.1 Å². The Kier molecular flexibility index (Phi) is 6.99. The van der Waals surface area contributed by atoms with Crippen LogP contribution in [0.3, 0.4) is 0 Å². The molecule has 2 aromatic carbocycles. The van der Waals surface area contributed by atoms with Crippen LogP contribution in [0.2, 0.25) is 0 Å². The van der Waals surface area contributed by atoms with E-state index in [1.807, 2.05) is 18.2 Å². The Morgan fingerprint density at radius 2 is 1.77 bits per heavy atom. The van der Waals surface area contributed by atoms with Crippen LogP contribution < -0.4 is 0 Å². The van der Waals surface area contributed by atoms with Crippen molar-refractivity contribution >= 4 is 11.8 Å². The summed E-state index contributed by atoms with van der Waals surface area (Å²) >= 11 is 1.70. The maximum atomic E-state index is 5.44. The van der Waals surface area contributed by atoms with Crippen LogP contribution in [-0.4, -0.2) is 35.6 Å². The topological polar surface area (TPSA) is 82.5 Å². The second-order valence-corrected chi connectivity index (χ2v) is 9.45. The molecule has 8 heteroatoms. The molecule has 0 atom stereocenters. The number of aryl methyl sites for hydroxylation is 3. The van der Waals surface area contributed by atoms with Crippen LogP contribution in [0.15, 0.2) is 82.7 Å². The molecule has 0 saturated carbocycles. The second-order valence-electron chi connectivity index (χ2n) is 8.39. The van der Waals surface area contributed by atoms with Crippen LogP contribution in [0.25, 0.3) is 17.1 Å². The van der Waals surface area contributed by atoms with E-state index in [0.29, 0.717) is 18.1 Å². The molecule has 0 N–H and O–H groups in total. The largest absolute Gasteiger partial charge is 0.339 e. The summed E-state index contributed by atoms with van der Waals surface area (Å²) in [5.74, 6) is 3.03. The molecule has 35 heavy (non-hydrogen) atoms. The zero-order valence-electron chi connectivity index (χ0n) is 19.8. The lowest BCUT2D eigenvalue weighted by atomic mass is 10.1. The number of rotatable bonds is 9. The molecule has 176 valence electrons. The molecular formula is C27H26N6OS. The number of thioether (sulfide) groups is 1. The number of pyridine rings is 1. The van der Waals surface area contributed by atoms with E-state index in [4.69, 9.17) is 4.52 Å². The number of benzene rings is 2. The molecule has 0 amide bonds. The fourth-order valence-corrected chi connectivity index (χ4v) is 4.85. The highest BCUT2D eigenvalue weighted by Crippen LogP contribution is 2.27. The van der Waals surface area contributed by atoms with Crippen molar-refractivity contribution in [2.45, 2.75) is 38.3 Å². The molecule has 0 spiro atoms. The van der Waals surface area contributed by atoms with E-state index in [9.17, 15) is 0 Å². The molecule has 0 aliphatic rings. The van der Waals surface area contributed by atoms with E-state index in [-0.39, 0.29) is 0 Å². The van der Waals surface area contributed by atoms with Gasteiger partial charge in [-0.3, -0.25) is 9.55 Å². The third kappa shape index (κ3) is 5.49. The van der Waals surface area contributed by atoms with Gasteiger partial charge in [0.2, 0.25) is 11.7 Å². The quantitative estimate of drug-likeness (QED) is 0.198. The number of aromatic nitrogens is 6. The highest BCUT2D eigenvalue weighted by Gasteiger charge is 2.17. The molecule has 0 aliphatic carbocycles. The normalized spacial score (nSPS) is 11.1. The first-order valence-electron chi connectivity index (χ1n) is 11.6. The molecule has 0 fully saturated rings. The first-order chi connectivity index (χ1) is 17.2. The molecule has 7 nitrogen and oxygen atoms in total. The van der Waals surface area contributed by atoms with Gasteiger partial charge < -0.3 is 4.52 Å². The minimum Gasteiger partial charge on any atom is -0.339 e. The van der Waals surface area contributed by atoms with Gasteiger partial charge in [-0.05, 0) is 49.6 Å². The average Bonchev–Trinajstić information content (AvgIpc) is 3.51. The van der Waals surface area contributed by atoms with Crippen molar-refractivity contribution in [3.05, 3.63) is 101 Å². The lowest BCUT2D eigenvalue weighted by molar-refractivity contribution is 0.378. The molecule has 0 bridgehead atoms. The molecule has 0 unspecified atom stereocenters. The van der Waals surface area contributed by atoms with Gasteiger partial charge in [0, 0.05) is 36.6 Å². The fraction of sp³-hybridized carbons (Fsp3) is 0.222. The fourth-order valence-electron chi connectivity index (χ4n) is 3.95. The maximum absolute atomic E-state index is 5.44. The molecule has 0 radical (unpaired) electrons. The predicted molar refractivity (Wildman–Crippen MR) is 137 cm³/mol. The molecular weight excluding hydrogens is 456 g/mol. The highest BCUT2D eigenvalue weighted by atomic mass is 32.2. The van der Waals surface area contributed by atoms with Crippen LogP contribution in [0.1, 0.15) is 34.8 Å². The van der Waals surface area contributed by atoms with Crippen LogP contribution in [0, 0.1) is 13.8 Å². The molecule has 0 aliphatic heterocycles. The Morgan fingerprint density at radius 3 is 2.57 bits per heavy atom. The van der Waals surface area contributed by atoms with Crippen LogP contribution in [-0.2, 0) is 12.8 Å². The van der Waals surface area contributed by atoms with Gasteiger partial charge in [0.15, 0.2) is 5.16 Å². The van der Waals surface area contributed by atoms with Gasteiger partial charge >= 0.3 is 0 Å². The van der Waals surface area contributed by atoms with Gasteiger partial charge in [0.25, 0.3) is 0 Å². The van der Waals surface area contributed by atoms with E-state index in [1.54, 1.807) is 24.2 Å². The van der Waals surface area contributed by atoms with Crippen LogP contribution >= 0.6 is 11.8 Å². The second kappa shape index (κ2) is 10.7. The van der Waals surface area contributed by atoms with Crippen molar-refractivity contribution in [3.63, 3.8) is 0 Å². The van der Waals surface area contributed by atoms with Crippen molar-refractivity contribution in [1.82, 2.24) is 29.9 Å². The molecule has 0 saturated heterocycles. The van der Waals surface area contributed by atoms with Crippen LogP contribution in [0.4, 0.5) is 0 Å². The highest BCUT2D eigenvalue weighted by molar-refractivity contribution is 7.99. The molecule has 5 aromatic rings. The molecule has 5 rings (SSSR count). The summed E-state index contributed by atoms with van der Waals surface area (Å²) < 4.78 is 7.63. The Bertz CT molecular complexity index is 1400. The van der Waals surface area contributed by atoms with E-state index in [2.05, 4.69) is 86.2 Å².